The number of hydrogen-bond acceptors (Lipinski definition) is 2. The van der Waals surface area contributed by atoms with Crippen LogP contribution in [0.3, 0.4) is 0 Å². The van der Waals surface area contributed by atoms with E-state index >= 15 is 0 Å². The van der Waals surface area contributed by atoms with Crippen molar-refractivity contribution >= 4 is 11.8 Å². The quantitative estimate of drug-likeness (QED) is 0.850. The van der Waals surface area contributed by atoms with Crippen molar-refractivity contribution in [2.24, 2.45) is 5.92 Å². The highest BCUT2D eigenvalue weighted by atomic mass is 16.2. The molecule has 1 N–H and O–H groups in total. The Bertz CT molecular complexity index is 606. The highest BCUT2D eigenvalue weighted by Gasteiger charge is 2.29. The van der Waals surface area contributed by atoms with Gasteiger partial charge in [-0.25, -0.2) is 0 Å². The molecule has 1 aromatic carbocycles. The Balaban J connectivity index is 1.57. The summed E-state index contributed by atoms with van der Waals surface area (Å²) in [5, 5.41) is 3.31. The standard InChI is InChI=1S/C21H30N2O2/c1-2-7-20(24)23-14-12-17(13-15-23)21(25)22-19-11-6-4-9-16-8-3-5-10-18(16)19/h3,5,8,10,17,19H,2,4,6-7,9,11-15H2,1H3,(H,22,25). The molecule has 25 heavy (non-hydrogen) atoms. The fraction of sp³-hybridized carbons (Fsp3) is 0.619. The molecule has 1 saturated heterocycles. The molecule has 1 aromatic rings. The van der Waals surface area contributed by atoms with Crippen LogP contribution < -0.4 is 5.32 Å². The number of rotatable bonds is 4. The Kier molecular flexibility index (Phi) is 6.11. The van der Waals surface area contributed by atoms with Crippen LogP contribution >= 0.6 is 0 Å². The van der Waals surface area contributed by atoms with Gasteiger partial charge in [-0.3, -0.25) is 9.59 Å². The third kappa shape index (κ3) is 4.42. The lowest BCUT2D eigenvalue weighted by Gasteiger charge is -2.32. The van der Waals surface area contributed by atoms with Crippen molar-refractivity contribution < 1.29 is 9.59 Å². The van der Waals surface area contributed by atoms with Crippen LogP contribution in [0.25, 0.3) is 0 Å². The van der Waals surface area contributed by atoms with E-state index in [-0.39, 0.29) is 23.8 Å². The predicted octanol–water partition coefficient (Wildman–Crippen LogP) is 3.61. The highest BCUT2D eigenvalue weighted by molar-refractivity contribution is 5.80. The number of fused-ring (bicyclic) bond motifs is 1. The van der Waals surface area contributed by atoms with Gasteiger partial charge >= 0.3 is 0 Å². The first-order chi connectivity index (χ1) is 12.2. The number of nitrogens with one attached hydrogen (secondary N) is 1. The van der Waals surface area contributed by atoms with Gasteiger partial charge in [0.05, 0.1) is 6.04 Å². The van der Waals surface area contributed by atoms with Gasteiger partial charge in [0.25, 0.3) is 0 Å². The van der Waals surface area contributed by atoms with Gasteiger partial charge in [-0.15, -0.1) is 0 Å². The van der Waals surface area contributed by atoms with Crippen molar-refractivity contribution in [2.45, 2.75) is 64.3 Å². The smallest absolute Gasteiger partial charge is 0.223 e. The molecule has 2 amide bonds. The van der Waals surface area contributed by atoms with Crippen LogP contribution in [0.1, 0.15) is 69.0 Å². The number of piperidine rings is 1. The first kappa shape index (κ1) is 18.0. The summed E-state index contributed by atoms with van der Waals surface area (Å²) in [5.74, 6) is 0.449. The minimum atomic E-state index is 0.0427. The van der Waals surface area contributed by atoms with Crippen molar-refractivity contribution in [2.75, 3.05) is 13.1 Å². The molecule has 0 spiro atoms. The maximum absolute atomic E-state index is 12.8. The van der Waals surface area contributed by atoms with Gasteiger partial charge in [0.1, 0.15) is 0 Å². The average molecular weight is 342 g/mol. The summed E-state index contributed by atoms with van der Waals surface area (Å²) in [6, 6.07) is 8.66. The van der Waals surface area contributed by atoms with E-state index in [1.165, 1.54) is 17.5 Å². The molecule has 0 bridgehead atoms. The molecule has 1 unspecified atom stereocenters. The van der Waals surface area contributed by atoms with Gasteiger partial charge in [-0.1, -0.05) is 37.6 Å². The van der Waals surface area contributed by atoms with E-state index in [0.717, 1.165) is 51.6 Å². The molecule has 1 heterocycles. The summed E-state index contributed by atoms with van der Waals surface area (Å²) < 4.78 is 0. The second-order valence-corrected chi connectivity index (χ2v) is 7.41. The molecule has 4 nitrogen and oxygen atoms in total. The number of likely N-dealkylation sites (tertiary alicyclic amines) is 1. The Hall–Kier alpha value is -1.84. The monoisotopic (exact) mass is 342 g/mol. The Labute approximate surface area is 151 Å². The number of aryl methyl sites for hydroxylation is 1. The normalized spacial score (nSPS) is 21.3. The first-order valence-corrected chi connectivity index (χ1v) is 9.85. The number of carbonyl (C=O) groups excluding carboxylic acids is 2. The van der Waals surface area contributed by atoms with Crippen molar-refractivity contribution in [3.63, 3.8) is 0 Å². The molecule has 1 atom stereocenters. The molecule has 3 rings (SSSR count). The molecular weight excluding hydrogens is 312 g/mol. The lowest BCUT2D eigenvalue weighted by molar-refractivity contribution is -0.135. The Morgan fingerprint density at radius 1 is 1.12 bits per heavy atom. The summed E-state index contributed by atoms with van der Waals surface area (Å²) in [6.07, 6.45) is 7.57. The Morgan fingerprint density at radius 2 is 1.88 bits per heavy atom. The number of benzene rings is 1. The summed E-state index contributed by atoms with van der Waals surface area (Å²) in [7, 11) is 0. The lowest BCUT2D eigenvalue weighted by atomic mass is 9.93. The zero-order valence-corrected chi connectivity index (χ0v) is 15.3. The van der Waals surface area contributed by atoms with Crippen molar-refractivity contribution in [3.8, 4) is 0 Å². The van der Waals surface area contributed by atoms with E-state index in [1.807, 2.05) is 11.8 Å². The fourth-order valence-electron chi connectivity index (χ4n) is 4.12. The molecular formula is C21H30N2O2. The lowest BCUT2D eigenvalue weighted by Crippen LogP contribution is -2.43. The second kappa shape index (κ2) is 8.50. The summed E-state index contributed by atoms with van der Waals surface area (Å²) in [5.41, 5.74) is 2.68. The van der Waals surface area contributed by atoms with Crippen molar-refractivity contribution in [3.05, 3.63) is 35.4 Å². The van der Waals surface area contributed by atoms with Gasteiger partial charge < -0.3 is 10.2 Å². The van der Waals surface area contributed by atoms with Gasteiger partial charge in [0, 0.05) is 25.4 Å². The van der Waals surface area contributed by atoms with E-state index in [4.69, 9.17) is 0 Å². The molecule has 0 radical (unpaired) electrons. The van der Waals surface area contributed by atoms with Crippen LogP contribution in [0.15, 0.2) is 24.3 Å². The van der Waals surface area contributed by atoms with Crippen molar-refractivity contribution in [1.82, 2.24) is 10.2 Å². The van der Waals surface area contributed by atoms with Crippen LogP contribution in [0, 0.1) is 5.92 Å². The third-order valence-corrected chi connectivity index (χ3v) is 5.62. The SMILES string of the molecule is CCCC(=O)N1CCC(C(=O)NC2CCCCc3ccccc32)CC1. The van der Waals surface area contributed by atoms with Crippen LogP contribution in [0.4, 0.5) is 0 Å². The van der Waals surface area contributed by atoms with Gasteiger partial charge in [0.15, 0.2) is 0 Å². The third-order valence-electron chi connectivity index (χ3n) is 5.62. The maximum atomic E-state index is 12.8. The van der Waals surface area contributed by atoms with Crippen LogP contribution in [0.2, 0.25) is 0 Å². The summed E-state index contributed by atoms with van der Waals surface area (Å²) >= 11 is 0. The summed E-state index contributed by atoms with van der Waals surface area (Å²) in [6.45, 7) is 3.47. The van der Waals surface area contributed by atoms with Gasteiger partial charge in [-0.2, -0.15) is 0 Å². The minimum Gasteiger partial charge on any atom is -0.349 e. The molecule has 1 aliphatic carbocycles. The van der Waals surface area contributed by atoms with E-state index < -0.39 is 0 Å². The predicted molar refractivity (Wildman–Crippen MR) is 99.1 cm³/mol. The van der Waals surface area contributed by atoms with E-state index in [0.29, 0.717) is 6.42 Å². The van der Waals surface area contributed by atoms with E-state index in [2.05, 4.69) is 29.6 Å². The largest absolute Gasteiger partial charge is 0.349 e. The van der Waals surface area contributed by atoms with Crippen LogP contribution in [0.5, 0.6) is 0 Å². The fourth-order valence-corrected chi connectivity index (χ4v) is 4.12. The molecule has 4 heteroatoms. The first-order valence-electron chi connectivity index (χ1n) is 9.85. The number of nitrogens with zero attached hydrogens (tertiary/aromatic N) is 1. The maximum Gasteiger partial charge on any atom is 0.223 e. The number of amides is 2. The molecule has 136 valence electrons. The van der Waals surface area contributed by atoms with Crippen LogP contribution in [-0.4, -0.2) is 29.8 Å². The minimum absolute atomic E-state index is 0.0427. The molecule has 2 aliphatic rings. The number of hydrogen-bond donors (Lipinski definition) is 1. The van der Waals surface area contributed by atoms with Crippen LogP contribution in [-0.2, 0) is 16.0 Å². The summed E-state index contributed by atoms with van der Waals surface area (Å²) in [4.78, 5) is 26.7. The molecule has 0 aromatic heterocycles. The molecule has 1 fully saturated rings. The zero-order chi connectivity index (χ0) is 17.6. The molecule has 1 aliphatic heterocycles. The average Bonchev–Trinajstić information content (AvgIpc) is 2.84. The van der Waals surface area contributed by atoms with Gasteiger partial charge in [-0.05, 0) is 49.7 Å². The topological polar surface area (TPSA) is 49.4 Å². The molecule has 0 saturated carbocycles. The van der Waals surface area contributed by atoms with E-state index in [1.54, 1.807) is 0 Å². The zero-order valence-electron chi connectivity index (χ0n) is 15.3. The van der Waals surface area contributed by atoms with Gasteiger partial charge in [0.2, 0.25) is 11.8 Å². The van der Waals surface area contributed by atoms with E-state index in [9.17, 15) is 9.59 Å². The van der Waals surface area contributed by atoms with Crippen molar-refractivity contribution in [1.29, 1.82) is 0 Å². The number of carbonyl (C=O) groups is 2. The highest BCUT2D eigenvalue weighted by Crippen LogP contribution is 2.29. The Morgan fingerprint density at radius 3 is 2.64 bits per heavy atom. The second-order valence-electron chi connectivity index (χ2n) is 7.41.